The number of nitrogens with two attached hydrogens (primary N) is 1. The second-order valence-electron chi connectivity index (χ2n) is 4.29. The summed E-state index contributed by atoms with van der Waals surface area (Å²) in [4.78, 5) is 15.0. The second-order valence-corrected chi connectivity index (χ2v) is 4.29. The van der Waals surface area contributed by atoms with Crippen LogP contribution in [0.15, 0.2) is 30.5 Å². The van der Waals surface area contributed by atoms with Crippen molar-refractivity contribution in [3.8, 4) is 5.88 Å². The van der Waals surface area contributed by atoms with Gasteiger partial charge in [-0.25, -0.2) is 14.2 Å². The molecule has 2 aromatic rings. The summed E-state index contributed by atoms with van der Waals surface area (Å²) in [5.41, 5.74) is 6.06. The fourth-order valence-corrected chi connectivity index (χ4v) is 1.74. The van der Waals surface area contributed by atoms with Gasteiger partial charge in [-0.3, -0.25) is 0 Å². The molecule has 1 aromatic heterocycles. The standard InChI is InChI=1S/C14H14FN3O3/c1-21-13-3-2-8(7-18-13)6-17-12-4-9(14(19)20)11(16)5-10(12)15/h2-5,7,17H,6,16H2,1H3,(H,19,20). The summed E-state index contributed by atoms with van der Waals surface area (Å²) in [5.74, 6) is -1.34. The van der Waals surface area contributed by atoms with Gasteiger partial charge in [0.1, 0.15) is 5.82 Å². The van der Waals surface area contributed by atoms with E-state index in [1.807, 2.05) is 0 Å². The van der Waals surface area contributed by atoms with Gasteiger partial charge in [-0.15, -0.1) is 0 Å². The summed E-state index contributed by atoms with van der Waals surface area (Å²) in [6.07, 6.45) is 1.58. The van der Waals surface area contributed by atoms with Gasteiger partial charge in [0.05, 0.1) is 18.4 Å². The zero-order valence-electron chi connectivity index (χ0n) is 11.3. The Bertz CT molecular complexity index is 659. The van der Waals surface area contributed by atoms with Crippen molar-refractivity contribution in [3.05, 3.63) is 47.4 Å². The fourth-order valence-electron chi connectivity index (χ4n) is 1.74. The molecule has 0 saturated carbocycles. The van der Waals surface area contributed by atoms with Crippen LogP contribution in [-0.2, 0) is 6.54 Å². The summed E-state index contributed by atoms with van der Waals surface area (Å²) in [5, 5.41) is 11.8. The van der Waals surface area contributed by atoms with Gasteiger partial charge in [-0.2, -0.15) is 0 Å². The summed E-state index contributed by atoms with van der Waals surface area (Å²) in [7, 11) is 1.51. The van der Waals surface area contributed by atoms with Crippen molar-refractivity contribution in [2.75, 3.05) is 18.2 Å². The lowest BCUT2D eigenvalue weighted by atomic mass is 10.1. The number of halogens is 1. The van der Waals surface area contributed by atoms with Crippen LogP contribution in [0.2, 0.25) is 0 Å². The molecule has 6 nitrogen and oxygen atoms in total. The van der Waals surface area contributed by atoms with Crippen LogP contribution in [0.3, 0.4) is 0 Å². The second kappa shape index (κ2) is 6.08. The number of carboxylic acids is 1. The van der Waals surface area contributed by atoms with E-state index < -0.39 is 11.8 Å². The molecule has 0 saturated heterocycles. The summed E-state index contributed by atoms with van der Waals surface area (Å²) < 4.78 is 18.7. The third-order valence-electron chi connectivity index (χ3n) is 2.86. The number of aromatic nitrogens is 1. The highest BCUT2D eigenvalue weighted by Gasteiger charge is 2.13. The minimum atomic E-state index is -1.21. The summed E-state index contributed by atoms with van der Waals surface area (Å²) in [6, 6.07) is 5.60. The van der Waals surface area contributed by atoms with Gasteiger partial charge in [0, 0.05) is 24.5 Å². The van der Waals surface area contributed by atoms with Crippen molar-refractivity contribution in [1.82, 2.24) is 4.98 Å². The molecule has 0 aliphatic carbocycles. The largest absolute Gasteiger partial charge is 0.481 e. The van der Waals surface area contributed by atoms with E-state index in [9.17, 15) is 9.18 Å². The number of benzene rings is 1. The first-order chi connectivity index (χ1) is 10.0. The number of anilines is 2. The molecule has 0 aliphatic rings. The summed E-state index contributed by atoms with van der Waals surface area (Å²) >= 11 is 0. The van der Waals surface area contributed by atoms with Crippen LogP contribution in [0, 0.1) is 5.82 Å². The van der Waals surface area contributed by atoms with Gasteiger partial charge in [-0.1, -0.05) is 6.07 Å². The fraction of sp³-hybridized carbons (Fsp3) is 0.143. The maximum absolute atomic E-state index is 13.7. The Labute approximate surface area is 120 Å². The first-order valence-corrected chi connectivity index (χ1v) is 6.06. The molecule has 21 heavy (non-hydrogen) atoms. The molecule has 110 valence electrons. The number of hydrogen-bond acceptors (Lipinski definition) is 5. The van der Waals surface area contributed by atoms with Gasteiger partial charge < -0.3 is 20.9 Å². The molecule has 0 spiro atoms. The predicted molar refractivity (Wildman–Crippen MR) is 75.9 cm³/mol. The first kappa shape index (κ1) is 14.6. The van der Waals surface area contributed by atoms with Crippen LogP contribution >= 0.6 is 0 Å². The number of methoxy groups -OCH3 is 1. The zero-order chi connectivity index (χ0) is 15.4. The molecule has 0 aliphatic heterocycles. The molecule has 1 aromatic carbocycles. The molecule has 0 fully saturated rings. The molecule has 2 rings (SSSR count). The first-order valence-electron chi connectivity index (χ1n) is 6.06. The Morgan fingerprint density at radius 3 is 2.81 bits per heavy atom. The third kappa shape index (κ3) is 3.38. The maximum atomic E-state index is 13.7. The van der Waals surface area contributed by atoms with Crippen molar-refractivity contribution >= 4 is 17.3 Å². The minimum absolute atomic E-state index is 0.0671. The van der Waals surface area contributed by atoms with Crippen molar-refractivity contribution < 1.29 is 19.0 Å². The monoisotopic (exact) mass is 291 g/mol. The molecule has 0 amide bonds. The molecule has 7 heteroatoms. The van der Waals surface area contributed by atoms with Crippen molar-refractivity contribution in [3.63, 3.8) is 0 Å². The van der Waals surface area contributed by atoms with Crippen LogP contribution in [0.1, 0.15) is 15.9 Å². The highest BCUT2D eigenvalue weighted by atomic mass is 19.1. The zero-order valence-corrected chi connectivity index (χ0v) is 11.3. The number of carboxylic acid groups (broad SMARTS) is 1. The SMILES string of the molecule is COc1ccc(CNc2cc(C(=O)O)c(N)cc2F)cn1. The maximum Gasteiger partial charge on any atom is 0.337 e. The van der Waals surface area contributed by atoms with E-state index in [0.29, 0.717) is 5.88 Å². The predicted octanol–water partition coefficient (Wildman–Crippen LogP) is 2.12. The molecule has 0 bridgehead atoms. The molecule has 1 heterocycles. The molecule has 4 N–H and O–H groups in total. The number of ether oxygens (including phenoxy) is 1. The third-order valence-corrected chi connectivity index (χ3v) is 2.86. The van der Waals surface area contributed by atoms with Gasteiger partial charge in [0.2, 0.25) is 5.88 Å². The molecule has 0 unspecified atom stereocenters. The van der Waals surface area contributed by atoms with Gasteiger partial charge >= 0.3 is 5.97 Å². The van der Waals surface area contributed by atoms with E-state index in [0.717, 1.165) is 11.6 Å². The Hall–Kier alpha value is -2.83. The van der Waals surface area contributed by atoms with Gasteiger partial charge in [0.15, 0.2) is 0 Å². The number of nitrogen functional groups attached to an aromatic ring is 1. The van der Waals surface area contributed by atoms with Crippen molar-refractivity contribution in [2.45, 2.75) is 6.54 Å². The van der Waals surface area contributed by atoms with Gasteiger partial charge in [0.25, 0.3) is 0 Å². The number of carbonyl (C=O) groups is 1. The van der Waals surface area contributed by atoms with E-state index in [1.54, 1.807) is 18.3 Å². The topological polar surface area (TPSA) is 97.5 Å². The number of rotatable bonds is 5. The number of hydrogen-bond donors (Lipinski definition) is 3. The van der Waals surface area contributed by atoms with Crippen LogP contribution in [0.5, 0.6) is 5.88 Å². The molecule has 0 atom stereocenters. The Morgan fingerprint density at radius 1 is 1.48 bits per heavy atom. The highest BCUT2D eigenvalue weighted by Crippen LogP contribution is 2.23. The molecular formula is C14H14FN3O3. The lowest BCUT2D eigenvalue weighted by Gasteiger charge is -2.10. The van der Waals surface area contributed by atoms with Crippen molar-refractivity contribution in [1.29, 1.82) is 0 Å². The van der Waals surface area contributed by atoms with Crippen LogP contribution < -0.4 is 15.8 Å². The van der Waals surface area contributed by atoms with E-state index in [1.165, 1.54) is 13.2 Å². The van der Waals surface area contributed by atoms with E-state index in [-0.39, 0.29) is 23.5 Å². The van der Waals surface area contributed by atoms with E-state index >= 15 is 0 Å². The average Bonchev–Trinajstić information content (AvgIpc) is 2.46. The molecular weight excluding hydrogens is 277 g/mol. The lowest BCUT2D eigenvalue weighted by Crippen LogP contribution is -2.07. The number of aromatic carboxylic acids is 1. The van der Waals surface area contributed by atoms with Gasteiger partial charge in [-0.05, 0) is 17.7 Å². The smallest absolute Gasteiger partial charge is 0.337 e. The minimum Gasteiger partial charge on any atom is -0.481 e. The number of nitrogens with zero attached hydrogens (tertiary/aromatic N) is 1. The van der Waals surface area contributed by atoms with E-state index in [2.05, 4.69) is 10.3 Å². The normalized spacial score (nSPS) is 10.2. The average molecular weight is 291 g/mol. The Kier molecular flexibility index (Phi) is 4.22. The number of nitrogens with one attached hydrogen (secondary N) is 1. The molecule has 0 radical (unpaired) electrons. The van der Waals surface area contributed by atoms with Crippen LogP contribution in [0.25, 0.3) is 0 Å². The summed E-state index contributed by atoms with van der Waals surface area (Å²) in [6.45, 7) is 0.289. The Balaban J connectivity index is 2.15. The van der Waals surface area contributed by atoms with E-state index in [4.69, 9.17) is 15.6 Å². The van der Waals surface area contributed by atoms with Crippen LogP contribution in [0.4, 0.5) is 15.8 Å². The van der Waals surface area contributed by atoms with Crippen LogP contribution in [-0.4, -0.2) is 23.2 Å². The lowest BCUT2D eigenvalue weighted by molar-refractivity contribution is 0.0698. The Morgan fingerprint density at radius 2 is 2.24 bits per heavy atom. The highest BCUT2D eigenvalue weighted by molar-refractivity contribution is 5.94. The number of pyridine rings is 1. The quantitative estimate of drug-likeness (QED) is 0.730. The van der Waals surface area contributed by atoms with Crippen molar-refractivity contribution in [2.24, 2.45) is 0 Å².